The first-order chi connectivity index (χ1) is 6.65. The fourth-order valence-corrected chi connectivity index (χ4v) is 1.29. The molecule has 0 spiro atoms. The number of benzene rings is 1. The van der Waals surface area contributed by atoms with Gasteiger partial charge in [-0.25, -0.2) is 0 Å². The molecule has 1 aromatic carbocycles. The van der Waals surface area contributed by atoms with Gasteiger partial charge in [0.2, 0.25) is 0 Å². The van der Waals surface area contributed by atoms with Crippen molar-refractivity contribution in [2.24, 2.45) is 0 Å². The second-order valence-electron chi connectivity index (χ2n) is 3.14. The van der Waals surface area contributed by atoms with Crippen molar-refractivity contribution in [3.63, 3.8) is 0 Å². The summed E-state index contributed by atoms with van der Waals surface area (Å²) in [5.41, 5.74) is 1.54. The Morgan fingerprint density at radius 3 is 2.20 bits per heavy atom. The highest BCUT2D eigenvalue weighted by atomic mass is 16.5. The molecule has 0 aliphatic carbocycles. The highest BCUT2D eigenvalue weighted by Crippen LogP contribution is 2.14. The fraction of sp³-hybridized carbons (Fsp3) is 0.400. The van der Waals surface area contributed by atoms with Gasteiger partial charge in [-0.2, -0.15) is 0 Å². The van der Waals surface area contributed by atoms with Crippen molar-refractivity contribution in [3.8, 4) is 0 Å². The zero-order valence-corrected chi connectivity index (χ0v) is 8.97. The number of hydrogen-bond acceptors (Lipinski definition) is 3. The molecular weight excluding hydrogens is 195 g/mol. The maximum Gasteiger partial charge on any atom is 0.488 e. The van der Waals surface area contributed by atoms with Crippen LogP contribution in [0.3, 0.4) is 0 Å². The molecule has 0 amide bonds. The van der Waals surface area contributed by atoms with Crippen LogP contribution in [0, 0.1) is 0 Å². The largest absolute Gasteiger partial charge is 0.488 e. The summed E-state index contributed by atoms with van der Waals surface area (Å²) >= 11 is 0. The Labute approximate surface area is 90.0 Å². The zero-order valence-electron chi connectivity index (χ0n) is 8.97. The molecule has 0 aliphatic rings. The van der Waals surface area contributed by atoms with Gasteiger partial charge in [-0.1, -0.05) is 24.3 Å². The first kappa shape index (κ1) is 14.1. The van der Waals surface area contributed by atoms with Crippen LogP contribution in [0.2, 0.25) is 0 Å². The third-order valence-electron chi connectivity index (χ3n) is 2.12. The van der Waals surface area contributed by atoms with E-state index in [-0.39, 0.29) is 11.6 Å². The molecule has 4 nitrogen and oxygen atoms in total. The molecule has 0 saturated heterocycles. The van der Waals surface area contributed by atoms with Crippen molar-refractivity contribution in [2.45, 2.75) is 20.0 Å². The van der Waals surface area contributed by atoms with Crippen molar-refractivity contribution < 1.29 is 20.3 Å². The molecule has 5 heteroatoms. The molecule has 0 fully saturated rings. The Morgan fingerprint density at radius 2 is 1.80 bits per heavy atom. The van der Waals surface area contributed by atoms with E-state index in [1.807, 2.05) is 26.0 Å². The van der Waals surface area contributed by atoms with E-state index in [4.69, 9.17) is 14.8 Å². The van der Waals surface area contributed by atoms with Crippen LogP contribution >= 0.6 is 0 Å². The summed E-state index contributed by atoms with van der Waals surface area (Å²) in [4.78, 5) is 0. The predicted octanol–water partition coefficient (Wildman–Crippen LogP) is -0.361. The lowest BCUT2D eigenvalue weighted by molar-refractivity contribution is 0.0764. The molecule has 0 aromatic heterocycles. The van der Waals surface area contributed by atoms with Gasteiger partial charge in [0.15, 0.2) is 0 Å². The number of hydrogen-bond donors (Lipinski definition) is 2. The van der Waals surface area contributed by atoms with Crippen molar-refractivity contribution >= 4 is 12.6 Å². The molecule has 1 atom stereocenters. The summed E-state index contributed by atoms with van der Waals surface area (Å²) in [5.74, 6) is 0. The van der Waals surface area contributed by atoms with Crippen molar-refractivity contribution in [2.75, 3.05) is 6.61 Å². The molecule has 84 valence electrons. The topological polar surface area (TPSA) is 81.2 Å². The molecule has 1 rings (SSSR count). The molecule has 0 aliphatic heterocycles. The van der Waals surface area contributed by atoms with Crippen LogP contribution in [0.25, 0.3) is 0 Å². The predicted molar refractivity (Wildman–Crippen MR) is 59.9 cm³/mol. The standard InChI is InChI=1S/C10H15BO3.H2O/c1-3-14-8(2)9-4-6-10(7-5-9)11(12)13;/h4-8,12-13H,3H2,1-2H3;1H2. The second-order valence-corrected chi connectivity index (χ2v) is 3.14. The molecule has 0 bridgehead atoms. The van der Waals surface area contributed by atoms with E-state index in [9.17, 15) is 0 Å². The van der Waals surface area contributed by atoms with Gasteiger partial charge in [-0.3, -0.25) is 0 Å². The van der Waals surface area contributed by atoms with Gasteiger partial charge in [-0.15, -0.1) is 0 Å². The van der Waals surface area contributed by atoms with Gasteiger partial charge in [0.05, 0.1) is 6.10 Å². The number of rotatable bonds is 4. The van der Waals surface area contributed by atoms with E-state index in [1.165, 1.54) is 0 Å². The first-order valence-electron chi connectivity index (χ1n) is 4.72. The molecule has 1 unspecified atom stereocenters. The zero-order chi connectivity index (χ0) is 10.6. The lowest BCUT2D eigenvalue weighted by atomic mass is 9.80. The average Bonchev–Trinajstić information content (AvgIpc) is 2.18. The van der Waals surface area contributed by atoms with Crippen molar-refractivity contribution in [3.05, 3.63) is 29.8 Å². The monoisotopic (exact) mass is 212 g/mol. The minimum atomic E-state index is -1.40. The Balaban J connectivity index is 0.00000196. The van der Waals surface area contributed by atoms with Gasteiger partial charge in [0.25, 0.3) is 0 Å². The van der Waals surface area contributed by atoms with Crippen LogP contribution in [0.4, 0.5) is 0 Å². The molecule has 15 heavy (non-hydrogen) atoms. The molecule has 0 radical (unpaired) electrons. The van der Waals surface area contributed by atoms with Crippen LogP contribution < -0.4 is 5.46 Å². The number of ether oxygens (including phenoxy) is 1. The third kappa shape index (κ3) is 4.01. The summed E-state index contributed by atoms with van der Waals surface area (Å²) in [6.07, 6.45) is 0.0462. The minimum Gasteiger partial charge on any atom is -0.423 e. The smallest absolute Gasteiger partial charge is 0.423 e. The van der Waals surface area contributed by atoms with Gasteiger partial charge in [0.1, 0.15) is 0 Å². The SMILES string of the molecule is CCOC(C)c1ccc(B(O)O)cc1.O. The van der Waals surface area contributed by atoms with Crippen LogP contribution in [-0.4, -0.2) is 29.2 Å². The van der Waals surface area contributed by atoms with E-state index in [0.29, 0.717) is 12.1 Å². The van der Waals surface area contributed by atoms with E-state index >= 15 is 0 Å². The van der Waals surface area contributed by atoms with E-state index in [0.717, 1.165) is 5.56 Å². The Hall–Kier alpha value is -0.875. The summed E-state index contributed by atoms with van der Waals surface area (Å²) in [5, 5.41) is 17.8. The minimum absolute atomic E-state index is 0. The molecule has 1 aromatic rings. The van der Waals surface area contributed by atoms with Crippen LogP contribution in [-0.2, 0) is 4.74 Å². The quantitative estimate of drug-likeness (QED) is 0.668. The Bertz CT molecular complexity index is 273. The fourth-order valence-electron chi connectivity index (χ4n) is 1.29. The van der Waals surface area contributed by atoms with Crippen molar-refractivity contribution in [1.29, 1.82) is 0 Å². The van der Waals surface area contributed by atoms with Crippen LogP contribution in [0.15, 0.2) is 24.3 Å². The highest BCUT2D eigenvalue weighted by Gasteiger charge is 2.11. The maximum absolute atomic E-state index is 8.88. The lowest BCUT2D eigenvalue weighted by Crippen LogP contribution is -2.29. The molecule has 0 saturated carbocycles. The summed E-state index contributed by atoms with van der Waals surface area (Å²) < 4.78 is 5.40. The maximum atomic E-state index is 8.88. The summed E-state index contributed by atoms with van der Waals surface area (Å²) in [7, 11) is -1.40. The lowest BCUT2D eigenvalue weighted by Gasteiger charge is -2.12. The van der Waals surface area contributed by atoms with E-state index in [2.05, 4.69) is 0 Å². The highest BCUT2D eigenvalue weighted by molar-refractivity contribution is 6.58. The van der Waals surface area contributed by atoms with Crippen LogP contribution in [0.1, 0.15) is 25.5 Å². The van der Waals surface area contributed by atoms with Gasteiger partial charge in [-0.05, 0) is 24.9 Å². The molecule has 0 heterocycles. The summed E-state index contributed by atoms with van der Waals surface area (Å²) in [6, 6.07) is 7.06. The second kappa shape index (κ2) is 6.58. The first-order valence-corrected chi connectivity index (χ1v) is 4.72. The van der Waals surface area contributed by atoms with E-state index < -0.39 is 7.12 Å². The van der Waals surface area contributed by atoms with Gasteiger partial charge in [0, 0.05) is 6.61 Å². The van der Waals surface area contributed by atoms with E-state index in [1.54, 1.807) is 12.1 Å². The average molecular weight is 212 g/mol. The molecule has 4 N–H and O–H groups in total. The third-order valence-corrected chi connectivity index (χ3v) is 2.12. The summed E-state index contributed by atoms with van der Waals surface area (Å²) in [6.45, 7) is 4.59. The Kier molecular flexibility index (Phi) is 6.20. The normalized spacial score (nSPS) is 11.7. The van der Waals surface area contributed by atoms with Crippen LogP contribution in [0.5, 0.6) is 0 Å². The Morgan fingerprint density at radius 1 is 1.27 bits per heavy atom. The molecular formula is C10H17BO4. The van der Waals surface area contributed by atoms with Gasteiger partial charge < -0.3 is 20.3 Å². The van der Waals surface area contributed by atoms with Crippen molar-refractivity contribution in [1.82, 2.24) is 0 Å². The van der Waals surface area contributed by atoms with Gasteiger partial charge >= 0.3 is 7.12 Å².